The maximum Gasteiger partial charge on any atom is 0.195 e. The maximum atomic E-state index is 5.22. The molecule has 2 aromatic heterocycles. The molecule has 102 valence electrons. The van der Waals surface area contributed by atoms with Crippen LogP contribution in [0.4, 0.5) is 0 Å². The van der Waals surface area contributed by atoms with Crippen LogP contribution in [-0.4, -0.2) is 19.7 Å². The van der Waals surface area contributed by atoms with Gasteiger partial charge in [0.25, 0.3) is 0 Å². The normalized spacial score (nSPS) is 10.9. The molecule has 4 nitrogen and oxygen atoms in total. The quantitative estimate of drug-likeness (QED) is 0.742. The monoisotopic (exact) mass is 302 g/mol. The summed E-state index contributed by atoms with van der Waals surface area (Å²) in [6, 6.07) is 8.38. The summed E-state index contributed by atoms with van der Waals surface area (Å²) >= 11 is 6.84. The maximum absolute atomic E-state index is 5.22. The van der Waals surface area contributed by atoms with Crippen molar-refractivity contribution in [2.45, 2.75) is 20.4 Å². The lowest BCUT2D eigenvalue weighted by atomic mass is 10.2. The second-order valence-electron chi connectivity index (χ2n) is 4.49. The van der Waals surface area contributed by atoms with E-state index in [1.54, 1.807) is 11.3 Å². The molecule has 6 heteroatoms. The van der Waals surface area contributed by atoms with Gasteiger partial charge in [0.2, 0.25) is 0 Å². The average molecular weight is 302 g/mol. The van der Waals surface area contributed by atoms with E-state index >= 15 is 0 Å². The van der Waals surface area contributed by atoms with Gasteiger partial charge in [0.1, 0.15) is 5.01 Å². The van der Waals surface area contributed by atoms with Gasteiger partial charge in [-0.3, -0.25) is 9.67 Å². The fourth-order valence-electron chi connectivity index (χ4n) is 2.01. The predicted molar refractivity (Wildman–Crippen MR) is 84.4 cm³/mol. The van der Waals surface area contributed by atoms with Crippen molar-refractivity contribution in [2.75, 3.05) is 0 Å². The molecule has 0 fully saturated rings. The van der Waals surface area contributed by atoms with Gasteiger partial charge in [-0.2, -0.15) is 5.10 Å². The lowest BCUT2D eigenvalue weighted by molar-refractivity contribution is 0.756. The van der Waals surface area contributed by atoms with Gasteiger partial charge >= 0.3 is 0 Å². The predicted octanol–water partition coefficient (Wildman–Crippen LogP) is 4.06. The van der Waals surface area contributed by atoms with E-state index in [0.717, 1.165) is 27.8 Å². The molecule has 0 aliphatic rings. The first-order valence-corrected chi connectivity index (χ1v) is 7.60. The van der Waals surface area contributed by atoms with Crippen molar-refractivity contribution in [3.63, 3.8) is 0 Å². The van der Waals surface area contributed by atoms with Crippen LogP contribution in [0.25, 0.3) is 21.3 Å². The summed E-state index contributed by atoms with van der Waals surface area (Å²) in [7, 11) is 0. The number of H-pyrrole nitrogens is 1. The van der Waals surface area contributed by atoms with E-state index in [4.69, 9.17) is 12.2 Å². The van der Waals surface area contributed by atoms with Crippen LogP contribution in [-0.2, 0) is 6.54 Å². The minimum Gasteiger partial charge on any atom is -0.300 e. The van der Waals surface area contributed by atoms with Crippen molar-refractivity contribution in [1.82, 2.24) is 19.7 Å². The van der Waals surface area contributed by atoms with E-state index in [2.05, 4.69) is 53.3 Å². The molecular weight excluding hydrogens is 288 g/mol. The molecule has 0 unspecified atom stereocenters. The van der Waals surface area contributed by atoms with Crippen LogP contribution in [0.2, 0.25) is 0 Å². The fraction of sp³-hybridized carbons (Fsp3) is 0.214. The van der Waals surface area contributed by atoms with E-state index in [0.29, 0.717) is 4.77 Å². The number of aromatic amines is 1. The Kier molecular flexibility index (Phi) is 3.50. The molecule has 0 saturated carbocycles. The molecule has 0 atom stereocenters. The lowest BCUT2D eigenvalue weighted by Gasteiger charge is -1.99. The molecule has 1 aromatic carbocycles. The number of aromatic nitrogens is 4. The van der Waals surface area contributed by atoms with Crippen LogP contribution in [0.15, 0.2) is 30.5 Å². The van der Waals surface area contributed by atoms with E-state index in [9.17, 15) is 0 Å². The Morgan fingerprint density at radius 1 is 1.30 bits per heavy atom. The molecule has 3 rings (SSSR count). The zero-order chi connectivity index (χ0) is 14.1. The molecule has 0 aliphatic carbocycles. The Labute approximate surface area is 126 Å². The average Bonchev–Trinajstić information content (AvgIpc) is 3.06. The van der Waals surface area contributed by atoms with Crippen LogP contribution in [0.5, 0.6) is 0 Å². The van der Waals surface area contributed by atoms with Crippen LogP contribution in [0.3, 0.4) is 0 Å². The van der Waals surface area contributed by atoms with E-state index in [-0.39, 0.29) is 0 Å². The smallest absolute Gasteiger partial charge is 0.195 e. The Balaban J connectivity index is 2.01. The van der Waals surface area contributed by atoms with E-state index in [1.165, 1.54) is 5.56 Å². The molecule has 0 aliphatic heterocycles. The van der Waals surface area contributed by atoms with Gasteiger partial charge < -0.3 is 0 Å². The zero-order valence-corrected chi connectivity index (χ0v) is 12.9. The second-order valence-corrected chi connectivity index (χ2v) is 5.91. The van der Waals surface area contributed by atoms with Crippen LogP contribution < -0.4 is 0 Å². The number of nitrogens with one attached hydrogen (secondary N) is 1. The first kappa shape index (κ1) is 13.2. The number of hydrogen-bond donors (Lipinski definition) is 1. The van der Waals surface area contributed by atoms with Gasteiger partial charge in [0.15, 0.2) is 10.6 Å². The third kappa shape index (κ3) is 2.32. The zero-order valence-electron chi connectivity index (χ0n) is 11.3. The third-order valence-electron chi connectivity index (χ3n) is 3.10. The molecular formula is C14H14N4S2. The van der Waals surface area contributed by atoms with Crippen molar-refractivity contribution < 1.29 is 0 Å². The summed E-state index contributed by atoms with van der Waals surface area (Å²) in [5, 5.41) is 8.13. The first-order chi connectivity index (χ1) is 9.69. The Morgan fingerprint density at radius 3 is 2.75 bits per heavy atom. The molecule has 0 bridgehead atoms. The van der Waals surface area contributed by atoms with Gasteiger partial charge in [-0.1, -0.05) is 29.8 Å². The summed E-state index contributed by atoms with van der Waals surface area (Å²) in [4.78, 5) is 5.52. The molecule has 3 aromatic rings. The molecule has 0 amide bonds. The number of aryl methyl sites for hydroxylation is 1. The van der Waals surface area contributed by atoms with Crippen molar-refractivity contribution in [3.05, 3.63) is 40.8 Å². The van der Waals surface area contributed by atoms with Gasteiger partial charge in [0, 0.05) is 18.3 Å². The van der Waals surface area contributed by atoms with Gasteiger partial charge in [-0.25, -0.2) is 4.98 Å². The standard InChI is InChI=1S/C14H14N4S2/c1-3-18-12(16-17-14(18)19)11-8-15-13(20-11)10-6-4-9(2)5-7-10/h4-8H,3H2,1-2H3,(H,17,19). The molecule has 0 saturated heterocycles. The Hall–Kier alpha value is -1.79. The molecule has 0 spiro atoms. The molecule has 0 radical (unpaired) electrons. The Bertz CT molecular complexity index is 780. The lowest BCUT2D eigenvalue weighted by Crippen LogP contribution is -1.96. The van der Waals surface area contributed by atoms with E-state index < -0.39 is 0 Å². The summed E-state index contributed by atoms with van der Waals surface area (Å²) in [6.07, 6.45) is 1.86. The van der Waals surface area contributed by atoms with Crippen molar-refractivity contribution >= 4 is 23.6 Å². The molecule has 2 heterocycles. The number of nitrogens with zero attached hydrogens (tertiary/aromatic N) is 3. The van der Waals surface area contributed by atoms with Crippen molar-refractivity contribution in [2.24, 2.45) is 0 Å². The fourth-order valence-corrected chi connectivity index (χ4v) is 3.19. The third-order valence-corrected chi connectivity index (χ3v) is 4.45. The topological polar surface area (TPSA) is 46.5 Å². The number of thiazole rings is 1. The minimum absolute atomic E-state index is 0.646. The van der Waals surface area contributed by atoms with Crippen LogP contribution in [0, 0.1) is 11.7 Å². The first-order valence-electron chi connectivity index (χ1n) is 6.37. The molecule has 1 N–H and O–H groups in total. The summed E-state index contributed by atoms with van der Waals surface area (Å²) in [5.74, 6) is 0.855. The van der Waals surface area contributed by atoms with Crippen LogP contribution >= 0.6 is 23.6 Å². The largest absolute Gasteiger partial charge is 0.300 e. The molecule has 20 heavy (non-hydrogen) atoms. The van der Waals surface area contributed by atoms with Gasteiger partial charge in [-0.05, 0) is 26.1 Å². The second kappa shape index (κ2) is 5.30. The highest BCUT2D eigenvalue weighted by molar-refractivity contribution is 7.71. The van der Waals surface area contributed by atoms with Crippen molar-refractivity contribution in [3.8, 4) is 21.3 Å². The SMILES string of the molecule is CCn1c(-c2cnc(-c3ccc(C)cc3)s2)n[nH]c1=S. The van der Waals surface area contributed by atoms with Crippen molar-refractivity contribution in [1.29, 1.82) is 0 Å². The summed E-state index contributed by atoms with van der Waals surface area (Å²) < 4.78 is 2.62. The van der Waals surface area contributed by atoms with Gasteiger partial charge in [0.05, 0.1) is 4.88 Å². The van der Waals surface area contributed by atoms with Crippen LogP contribution in [0.1, 0.15) is 12.5 Å². The minimum atomic E-state index is 0.646. The Morgan fingerprint density at radius 2 is 2.05 bits per heavy atom. The van der Waals surface area contributed by atoms with E-state index in [1.807, 2.05) is 10.8 Å². The highest BCUT2D eigenvalue weighted by Gasteiger charge is 2.12. The number of hydrogen-bond acceptors (Lipinski definition) is 4. The summed E-state index contributed by atoms with van der Waals surface area (Å²) in [6.45, 7) is 4.93. The summed E-state index contributed by atoms with van der Waals surface area (Å²) in [5.41, 5.74) is 2.38. The van der Waals surface area contributed by atoms with Gasteiger partial charge in [-0.15, -0.1) is 11.3 Å². The highest BCUT2D eigenvalue weighted by Crippen LogP contribution is 2.31. The highest BCUT2D eigenvalue weighted by atomic mass is 32.1. The number of benzene rings is 1. The number of rotatable bonds is 3.